The number of aliphatic imine (C=N–C) groups is 1. The van der Waals surface area contributed by atoms with Gasteiger partial charge in [-0.05, 0) is 44.9 Å². The zero-order valence-electron chi connectivity index (χ0n) is 18.8. The molecule has 1 fully saturated rings. The van der Waals surface area contributed by atoms with Crippen LogP contribution in [0.4, 0.5) is 14.5 Å². The fourth-order valence-electron chi connectivity index (χ4n) is 4.23. The van der Waals surface area contributed by atoms with Gasteiger partial charge < -0.3 is 9.64 Å². The van der Waals surface area contributed by atoms with E-state index in [1.165, 1.54) is 30.3 Å². The monoisotopic (exact) mass is 494 g/mol. The van der Waals surface area contributed by atoms with Crippen molar-refractivity contribution in [3.8, 4) is 5.88 Å². The number of guanidine groups is 1. The summed E-state index contributed by atoms with van der Waals surface area (Å²) in [5, 5.41) is 3.97. The van der Waals surface area contributed by atoms with Crippen LogP contribution in [0, 0.1) is 0 Å². The van der Waals surface area contributed by atoms with Crippen LogP contribution in [0.25, 0.3) is 0 Å². The molecule has 0 unspecified atom stereocenters. The number of fused-ring (bicyclic) bond motifs is 3. The SMILES string of the molecule is C[C@@H]1CN=C2N(Cc3cnn(C)c3OC(F)F)C(=O)c3cc(S(=O)(=O)NC4(C)CC4)ccc3N21. The van der Waals surface area contributed by atoms with Gasteiger partial charge in [-0.15, -0.1) is 0 Å². The maximum absolute atomic E-state index is 13.6. The molecule has 1 amide bonds. The van der Waals surface area contributed by atoms with Crippen LogP contribution in [-0.2, 0) is 23.6 Å². The van der Waals surface area contributed by atoms with E-state index < -0.39 is 28.1 Å². The molecule has 3 heterocycles. The molecular weight excluding hydrogens is 470 g/mol. The van der Waals surface area contributed by atoms with Crippen LogP contribution in [0.1, 0.15) is 42.6 Å². The van der Waals surface area contributed by atoms with E-state index in [4.69, 9.17) is 0 Å². The van der Waals surface area contributed by atoms with E-state index >= 15 is 0 Å². The van der Waals surface area contributed by atoms with Gasteiger partial charge in [0.1, 0.15) is 0 Å². The first-order valence-electron chi connectivity index (χ1n) is 10.8. The topological polar surface area (TPSA) is 109 Å². The number of amides is 1. The van der Waals surface area contributed by atoms with Crippen LogP contribution in [0.3, 0.4) is 0 Å². The number of nitrogens with zero attached hydrogens (tertiary/aromatic N) is 5. The van der Waals surface area contributed by atoms with Crippen LogP contribution in [0.2, 0.25) is 0 Å². The highest BCUT2D eigenvalue weighted by atomic mass is 32.2. The van der Waals surface area contributed by atoms with Gasteiger partial charge in [-0.1, -0.05) is 0 Å². The summed E-state index contributed by atoms with van der Waals surface area (Å²) in [6.07, 6.45) is 2.86. The van der Waals surface area contributed by atoms with Crippen molar-refractivity contribution < 1.29 is 26.7 Å². The number of nitrogens with one attached hydrogen (secondary N) is 1. The standard InChI is InChI=1S/C21H24F2N6O4S/c1-12-9-24-20-28(11-13-10-25-27(3)18(13)33-19(22)23)17(30)15-8-14(4-5-16(15)29(12)20)34(31,32)26-21(2)6-7-21/h4-5,8,10,12,19,26H,6-7,9,11H2,1-3H3/t12-/m1/s1. The van der Waals surface area contributed by atoms with E-state index in [0.717, 1.165) is 17.5 Å². The number of aromatic nitrogens is 2. The van der Waals surface area contributed by atoms with Crippen LogP contribution in [-0.4, -0.2) is 59.7 Å². The molecule has 182 valence electrons. The lowest BCUT2D eigenvalue weighted by molar-refractivity contribution is -0.0560. The van der Waals surface area contributed by atoms with E-state index in [1.54, 1.807) is 6.07 Å². The molecule has 5 rings (SSSR count). The van der Waals surface area contributed by atoms with Gasteiger partial charge in [0.2, 0.25) is 21.9 Å². The van der Waals surface area contributed by atoms with Crippen molar-refractivity contribution in [2.75, 3.05) is 11.4 Å². The number of anilines is 1. The molecule has 1 saturated carbocycles. The Morgan fingerprint density at radius 2 is 2.06 bits per heavy atom. The molecule has 3 aliphatic rings. The number of aryl methyl sites for hydroxylation is 1. The van der Waals surface area contributed by atoms with Gasteiger partial charge in [-0.25, -0.2) is 17.8 Å². The fourth-order valence-corrected chi connectivity index (χ4v) is 5.72. The molecule has 0 spiro atoms. The average Bonchev–Trinajstić information content (AvgIpc) is 3.20. The highest BCUT2D eigenvalue weighted by molar-refractivity contribution is 7.89. The normalized spacial score (nSPS) is 20.9. The summed E-state index contributed by atoms with van der Waals surface area (Å²) >= 11 is 0. The Hall–Kier alpha value is -3.06. The van der Waals surface area contributed by atoms with Gasteiger partial charge in [0, 0.05) is 12.6 Å². The number of halogens is 2. The Morgan fingerprint density at radius 1 is 1.32 bits per heavy atom. The number of hydrogen-bond acceptors (Lipinski definition) is 7. The van der Waals surface area contributed by atoms with Gasteiger partial charge in [-0.2, -0.15) is 13.9 Å². The van der Waals surface area contributed by atoms with E-state index in [9.17, 15) is 22.0 Å². The summed E-state index contributed by atoms with van der Waals surface area (Å²) in [5.74, 6) is -0.276. The van der Waals surface area contributed by atoms with Crippen LogP contribution in [0.5, 0.6) is 5.88 Å². The second-order valence-corrected chi connectivity index (χ2v) is 10.8. The second-order valence-electron chi connectivity index (χ2n) is 9.07. The van der Waals surface area contributed by atoms with Crippen LogP contribution in [0.15, 0.2) is 34.3 Å². The van der Waals surface area contributed by atoms with Crippen LogP contribution >= 0.6 is 0 Å². The summed E-state index contributed by atoms with van der Waals surface area (Å²) in [4.78, 5) is 21.2. The molecule has 1 aromatic carbocycles. The maximum atomic E-state index is 13.6. The smallest absolute Gasteiger partial charge is 0.388 e. The molecular formula is C21H24F2N6O4S. The highest BCUT2D eigenvalue weighted by Crippen LogP contribution is 2.38. The number of sulfonamides is 1. The minimum atomic E-state index is -3.83. The molecule has 1 atom stereocenters. The number of ether oxygens (including phenoxy) is 1. The van der Waals surface area contributed by atoms with E-state index in [1.807, 2.05) is 18.7 Å². The summed E-state index contributed by atoms with van der Waals surface area (Å²) in [5.41, 5.74) is 0.553. The lowest BCUT2D eigenvalue weighted by Gasteiger charge is -2.38. The minimum Gasteiger partial charge on any atom is -0.417 e. The fraction of sp³-hybridized carbons (Fsp3) is 0.476. The zero-order valence-corrected chi connectivity index (χ0v) is 19.6. The predicted octanol–water partition coefficient (Wildman–Crippen LogP) is 2.07. The van der Waals surface area contributed by atoms with Gasteiger partial charge >= 0.3 is 6.61 Å². The Labute approximate surface area is 195 Å². The van der Waals surface area contributed by atoms with E-state index in [2.05, 4.69) is 19.6 Å². The molecule has 0 saturated heterocycles. The first kappa shape index (κ1) is 22.7. The Morgan fingerprint density at radius 3 is 2.74 bits per heavy atom. The number of rotatable bonds is 7. The molecule has 2 aromatic rings. The van der Waals surface area contributed by atoms with Gasteiger partial charge in [0.25, 0.3) is 5.91 Å². The molecule has 1 aliphatic carbocycles. The van der Waals surface area contributed by atoms with Crippen molar-refractivity contribution in [3.63, 3.8) is 0 Å². The van der Waals surface area contributed by atoms with Crippen molar-refractivity contribution in [3.05, 3.63) is 35.5 Å². The third-order valence-corrected chi connectivity index (χ3v) is 7.91. The van der Waals surface area contributed by atoms with Crippen molar-refractivity contribution in [2.24, 2.45) is 12.0 Å². The van der Waals surface area contributed by atoms with E-state index in [0.29, 0.717) is 18.2 Å². The van der Waals surface area contributed by atoms with Crippen LogP contribution < -0.4 is 14.4 Å². The highest BCUT2D eigenvalue weighted by Gasteiger charge is 2.43. The molecule has 0 bridgehead atoms. The van der Waals surface area contributed by atoms with Crippen molar-refractivity contribution in [2.45, 2.75) is 56.3 Å². The molecule has 1 aromatic heterocycles. The number of alkyl halides is 2. The molecule has 13 heteroatoms. The first-order valence-corrected chi connectivity index (χ1v) is 12.3. The Bertz CT molecular complexity index is 1300. The third kappa shape index (κ3) is 3.82. The lowest BCUT2D eigenvalue weighted by atomic mass is 10.1. The average molecular weight is 495 g/mol. The predicted molar refractivity (Wildman–Crippen MR) is 118 cm³/mol. The van der Waals surface area contributed by atoms with Gasteiger partial charge in [0.15, 0.2) is 0 Å². The molecule has 0 radical (unpaired) electrons. The maximum Gasteiger partial charge on any atom is 0.388 e. The molecule has 10 nitrogen and oxygen atoms in total. The number of carbonyl (C=O) groups excluding carboxylic acids is 1. The van der Waals surface area contributed by atoms with Gasteiger partial charge in [0.05, 0.1) is 47.0 Å². The largest absolute Gasteiger partial charge is 0.417 e. The number of benzene rings is 1. The van der Waals surface area contributed by atoms with Gasteiger partial charge in [-0.3, -0.25) is 14.7 Å². The summed E-state index contributed by atoms with van der Waals surface area (Å²) in [6, 6.07) is 4.37. The first-order chi connectivity index (χ1) is 16.0. The van der Waals surface area contributed by atoms with Crippen molar-refractivity contribution >= 4 is 27.6 Å². The summed E-state index contributed by atoms with van der Waals surface area (Å²) in [6.45, 7) is 1.01. The van der Waals surface area contributed by atoms with E-state index in [-0.39, 0.29) is 34.5 Å². The molecule has 1 N–H and O–H groups in total. The summed E-state index contributed by atoms with van der Waals surface area (Å²) < 4.78 is 60.1. The third-order valence-electron chi connectivity index (χ3n) is 6.27. The van der Waals surface area contributed by atoms with Crippen molar-refractivity contribution in [1.29, 1.82) is 0 Å². The second kappa shape index (κ2) is 7.73. The zero-order chi connectivity index (χ0) is 24.4. The number of carbonyl (C=O) groups is 1. The lowest BCUT2D eigenvalue weighted by Crippen LogP contribution is -2.52. The molecule has 2 aliphatic heterocycles. The summed E-state index contributed by atoms with van der Waals surface area (Å²) in [7, 11) is -2.37. The molecule has 34 heavy (non-hydrogen) atoms. The quantitative estimate of drug-likeness (QED) is 0.631. The Balaban J connectivity index is 1.53. The Kier molecular flexibility index (Phi) is 5.17. The number of hydrogen-bond donors (Lipinski definition) is 1. The van der Waals surface area contributed by atoms with Crippen molar-refractivity contribution in [1.82, 2.24) is 19.4 Å². The minimum absolute atomic E-state index is 0.0111.